The molecule has 0 radical (unpaired) electrons. The number of aryl methyl sites for hydroxylation is 1. The normalized spacial score (nSPS) is 11.8. The first-order valence-electron chi connectivity index (χ1n) is 7.20. The third kappa shape index (κ3) is 3.56. The summed E-state index contributed by atoms with van der Waals surface area (Å²) in [5, 5.41) is 19.8. The number of para-hydroxylation sites is 1. The zero-order valence-electron chi connectivity index (χ0n) is 13.4. The molecule has 0 fully saturated rings. The molecule has 2 aromatic rings. The summed E-state index contributed by atoms with van der Waals surface area (Å²) in [5.74, 6) is -0.718. The van der Waals surface area contributed by atoms with E-state index in [2.05, 4.69) is 0 Å². The van der Waals surface area contributed by atoms with E-state index in [1.54, 1.807) is 43.5 Å². The van der Waals surface area contributed by atoms with Gasteiger partial charge in [0.15, 0.2) is 11.5 Å². The molecule has 0 aliphatic heterocycles. The molecule has 122 valence electrons. The van der Waals surface area contributed by atoms with Gasteiger partial charge in [-0.2, -0.15) is 0 Å². The van der Waals surface area contributed by atoms with Crippen LogP contribution in [0, 0.1) is 6.92 Å². The lowest BCUT2D eigenvalue weighted by Crippen LogP contribution is -2.16. The van der Waals surface area contributed by atoms with Gasteiger partial charge in [0, 0.05) is 0 Å². The van der Waals surface area contributed by atoms with Gasteiger partial charge in [-0.3, -0.25) is 4.79 Å². The average molecular weight is 316 g/mol. The second-order valence-electron chi connectivity index (χ2n) is 5.29. The molecule has 2 rings (SSSR count). The van der Waals surface area contributed by atoms with Crippen molar-refractivity contribution in [3.8, 4) is 17.2 Å². The molecule has 1 atom stereocenters. The van der Waals surface area contributed by atoms with Crippen LogP contribution in [0.5, 0.6) is 17.2 Å². The quantitative estimate of drug-likeness (QED) is 0.856. The van der Waals surface area contributed by atoms with E-state index in [0.29, 0.717) is 22.6 Å². The molecule has 5 nitrogen and oxygen atoms in total. The second kappa shape index (κ2) is 7.05. The van der Waals surface area contributed by atoms with E-state index < -0.39 is 11.9 Å². The summed E-state index contributed by atoms with van der Waals surface area (Å²) in [7, 11) is 3.03. The first-order chi connectivity index (χ1) is 11.0. The zero-order chi connectivity index (χ0) is 17.0. The second-order valence-corrected chi connectivity index (χ2v) is 5.29. The molecule has 5 heteroatoms. The van der Waals surface area contributed by atoms with Crippen LogP contribution in [0.2, 0.25) is 0 Å². The molecule has 0 aliphatic carbocycles. The van der Waals surface area contributed by atoms with Crippen LogP contribution in [0.3, 0.4) is 0 Å². The summed E-state index contributed by atoms with van der Waals surface area (Å²) in [6, 6.07) is 10.4. The molecule has 0 aromatic heterocycles. The highest BCUT2D eigenvalue weighted by atomic mass is 16.5. The Morgan fingerprint density at radius 1 is 1.17 bits per heavy atom. The minimum Gasteiger partial charge on any atom is -0.504 e. The maximum atomic E-state index is 11.7. The molecule has 0 heterocycles. The lowest BCUT2D eigenvalue weighted by atomic mass is 9.88. The third-order valence-corrected chi connectivity index (χ3v) is 3.88. The standard InChI is InChI=1S/C18H20O5/c1-11-9-13(22-2)7-8-14(11)15(18(20)21)10-12-5-4-6-16(23-3)17(12)19/h4-9,15,19H,10H2,1-3H3,(H,20,21). The summed E-state index contributed by atoms with van der Waals surface area (Å²) in [6.07, 6.45) is 0.172. The first kappa shape index (κ1) is 16.7. The Hall–Kier alpha value is -2.69. The van der Waals surface area contributed by atoms with Crippen molar-refractivity contribution in [2.24, 2.45) is 0 Å². The van der Waals surface area contributed by atoms with Crippen LogP contribution in [-0.4, -0.2) is 30.4 Å². The number of benzene rings is 2. The van der Waals surface area contributed by atoms with Gasteiger partial charge in [-0.05, 0) is 48.2 Å². The number of ether oxygens (including phenoxy) is 2. The van der Waals surface area contributed by atoms with Gasteiger partial charge < -0.3 is 19.7 Å². The Kier molecular flexibility index (Phi) is 5.11. The van der Waals surface area contributed by atoms with E-state index in [1.165, 1.54) is 7.11 Å². The number of phenols is 1. The summed E-state index contributed by atoms with van der Waals surface area (Å²) < 4.78 is 10.2. The minimum absolute atomic E-state index is 0.0209. The maximum Gasteiger partial charge on any atom is 0.311 e. The summed E-state index contributed by atoms with van der Waals surface area (Å²) in [5.41, 5.74) is 2.06. The zero-order valence-corrected chi connectivity index (χ0v) is 13.4. The number of phenolic OH excluding ortho intramolecular Hbond substituents is 1. The number of carboxylic acid groups (broad SMARTS) is 1. The molecule has 0 aliphatic rings. The fourth-order valence-electron chi connectivity index (χ4n) is 2.61. The molecule has 23 heavy (non-hydrogen) atoms. The van der Waals surface area contributed by atoms with Gasteiger partial charge in [-0.15, -0.1) is 0 Å². The minimum atomic E-state index is -0.944. The molecule has 2 aromatic carbocycles. The van der Waals surface area contributed by atoms with Crippen LogP contribution in [0.1, 0.15) is 22.6 Å². The topological polar surface area (TPSA) is 76.0 Å². The highest BCUT2D eigenvalue weighted by Gasteiger charge is 2.24. The monoisotopic (exact) mass is 316 g/mol. The lowest BCUT2D eigenvalue weighted by Gasteiger charge is -2.17. The lowest BCUT2D eigenvalue weighted by molar-refractivity contribution is -0.138. The average Bonchev–Trinajstić information content (AvgIpc) is 2.54. The first-order valence-corrected chi connectivity index (χ1v) is 7.20. The largest absolute Gasteiger partial charge is 0.504 e. The van der Waals surface area contributed by atoms with Gasteiger partial charge in [0.1, 0.15) is 5.75 Å². The summed E-state index contributed by atoms with van der Waals surface area (Å²) >= 11 is 0. The van der Waals surface area contributed by atoms with E-state index in [9.17, 15) is 15.0 Å². The number of hydrogen-bond donors (Lipinski definition) is 2. The Labute approximate surface area is 135 Å². The van der Waals surface area contributed by atoms with Gasteiger partial charge in [-0.1, -0.05) is 18.2 Å². The molecule has 0 amide bonds. The van der Waals surface area contributed by atoms with Gasteiger partial charge in [-0.25, -0.2) is 0 Å². The van der Waals surface area contributed by atoms with Crippen molar-refractivity contribution in [3.63, 3.8) is 0 Å². The molecular weight excluding hydrogens is 296 g/mol. The molecule has 1 unspecified atom stereocenters. The Morgan fingerprint density at radius 2 is 1.91 bits per heavy atom. The number of aromatic hydroxyl groups is 1. The number of hydrogen-bond acceptors (Lipinski definition) is 4. The van der Waals surface area contributed by atoms with Crippen LogP contribution >= 0.6 is 0 Å². The van der Waals surface area contributed by atoms with Crippen LogP contribution in [0.4, 0.5) is 0 Å². The summed E-state index contributed by atoms with van der Waals surface area (Å²) in [6.45, 7) is 1.85. The number of carbonyl (C=O) groups is 1. The van der Waals surface area contributed by atoms with Crippen molar-refractivity contribution in [2.45, 2.75) is 19.3 Å². The number of carboxylic acids is 1. The Bertz CT molecular complexity index is 709. The van der Waals surface area contributed by atoms with Crippen molar-refractivity contribution in [1.29, 1.82) is 0 Å². The van der Waals surface area contributed by atoms with Crippen molar-refractivity contribution in [2.75, 3.05) is 14.2 Å². The van der Waals surface area contributed by atoms with Crippen molar-refractivity contribution < 1.29 is 24.5 Å². The van der Waals surface area contributed by atoms with Gasteiger partial charge >= 0.3 is 5.97 Å². The molecule has 2 N–H and O–H groups in total. The van der Waals surface area contributed by atoms with Crippen molar-refractivity contribution in [1.82, 2.24) is 0 Å². The predicted octanol–water partition coefficient (Wildman–Crippen LogP) is 3.13. The maximum absolute atomic E-state index is 11.7. The third-order valence-electron chi connectivity index (χ3n) is 3.88. The predicted molar refractivity (Wildman–Crippen MR) is 86.5 cm³/mol. The van der Waals surface area contributed by atoms with Gasteiger partial charge in [0.05, 0.1) is 20.1 Å². The highest BCUT2D eigenvalue weighted by Crippen LogP contribution is 2.34. The van der Waals surface area contributed by atoms with Crippen LogP contribution in [0.15, 0.2) is 36.4 Å². The number of methoxy groups -OCH3 is 2. The fourth-order valence-corrected chi connectivity index (χ4v) is 2.61. The van der Waals surface area contributed by atoms with Crippen molar-refractivity contribution in [3.05, 3.63) is 53.1 Å². The van der Waals surface area contributed by atoms with E-state index in [1.807, 2.05) is 6.92 Å². The van der Waals surface area contributed by atoms with Gasteiger partial charge in [0.2, 0.25) is 0 Å². The van der Waals surface area contributed by atoms with Crippen molar-refractivity contribution >= 4 is 5.97 Å². The molecular formula is C18H20O5. The SMILES string of the molecule is COc1ccc(C(Cc2cccc(OC)c2O)C(=O)O)c(C)c1. The van der Waals surface area contributed by atoms with Crippen LogP contribution in [-0.2, 0) is 11.2 Å². The fraction of sp³-hybridized carbons (Fsp3) is 0.278. The van der Waals surface area contributed by atoms with Gasteiger partial charge in [0.25, 0.3) is 0 Å². The molecule has 0 bridgehead atoms. The van der Waals surface area contributed by atoms with Crippen LogP contribution in [0.25, 0.3) is 0 Å². The van der Waals surface area contributed by atoms with E-state index in [0.717, 1.165) is 5.56 Å². The van der Waals surface area contributed by atoms with E-state index in [-0.39, 0.29) is 12.2 Å². The molecule has 0 saturated heterocycles. The Balaban J connectivity index is 2.39. The van der Waals surface area contributed by atoms with E-state index in [4.69, 9.17) is 9.47 Å². The van der Waals surface area contributed by atoms with Crippen LogP contribution < -0.4 is 9.47 Å². The molecule has 0 saturated carbocycles. The number of aliphatic carboxylic acids is 1. The van der Waals surface area contributed by atoms with E-state index >= 15 is 0 Å². The smallest absolute Gasteiger partial charge is 0.311 e. The number of rotatable bonds is 6. The molecule has 0 spiro atoms. The highest BCUT2D eigenvalue weighted by molar-refractivity contribution is 5.77. The Morgan fingerprint density at radius 3 is 2.48 bits per heavy atom. The summed E-state index contributed by atoms with van der Waals surface area (Å²) in [4.78, 5) is 11.7.